The Labute approximate surface area is 205 Å². The van der Waals surface area contributed by atoms with Gasteiger partial charge in [0.25, 0.3) is 0 Å². The van der Waals surface area contributed by atoms with Crippen molar-refractivity contribution < 1.29 is 23.4 Å². The summed E-state index contributed by atoms with van der Waals surface area (Å²) in [7, 11) is 1.49. The number of carbonyl (C=O) groups excluding carboxylic acids is 1. The molecule has 0 aliphatic carbocycles. The number of rotatable bonds is 7. The number of esters is 1. The molecule has 3 aromatic carbocycles. The van der Waals surface area contributed by atoms with Crippen molar-refractivity contribution in [3.63, 3.8) is 0 Å². The highest BCUT2D eigenvalue weighted by Crippen LogP contribution is 2.33. The van der Waals surface area contributed by atoms with Crippen LogP contribution in [0.1, 0.15) is 23.0 Å². The highest BCUT2D eigenvalue weighted by molar-refractivity contribution is 6.35. The Morgan fingerprint density at radius 3 is 2.56 bits per heavy atom. The van der Waals surface area contributed by atoms with Crippen molar-refractivity contribution >= 4 is 40.1 Å². The minimum Gasteiger partial charge on any atom is -0.496 e. The minimum absolute atomic E-state index is 0.0741. The summed E-state index contributed by atoms with van der Waals surface area (Å²) in [5.74, 6) is -0.0931. The fourth-order valence-electron chi connectivity index (χ4n) is 3.50. The average Bonchev–Trinajstić information content (AvgIpc) is 2.83. The first kappa shape index (κ1) is 23.7. The van der Waals surface area contributed by atoms with Gasteiger partial charge in [-0.1, -0.05) is 47.5 Å². The molecular weight excluding hydrogens is 479 g/mol. The van der Waals surface area contributed by atoms with Crippen LogP contribution in [-0.4, -0.2) is 19.7 Å². The lowest BCUT2D eigenvalue weighted by Crippen LogP contribution is -2.15. The molecular formula is C26H20Cl2O6. The van der Waals surface area contributed by atoms with Gasteiger partial charge in [-0.2, -0.15) is 0 Å². The van der Waals surface area contributed by atoms with Gasteiger partial charge in [0, 0.05) is 27.2 Å². The van der Waals surface area contributed by atoms with Crippen molar-refractivity contribution in [3.05, 3.63) is 92.3 Å². The van der Waals surface area contributed by atoms with E-state index in [0.717, 1.165) is 5.56 Å². The maximum Gasteiger partial charge on any atom is 0.375 e. The number of benzene rings is 3. The third-order valence-corrected chi connectivity index (χ3v) is 5.70. The smallest absolute Gasteiger partial charge is 0.375 e. The maximum absolute atomic E-state index is 13.5. The summed E-state index contributed by atoms with van der Waals surface area (Å²) >= 11 is 12.2. The van der Waals surface area contributed by atoms with Crippen LogP contribution in [0.25, 0.3) is 22.1 Å². The summed E-state index contributed by atoms with van der Waals surface area (Å²) in [5.41, 5.74) is 1.05. The van der Waals surface area contributed by atoms with Gasteiger partial charge in [-0.25, -0.2) is 4.79 Å². The van der Waals surface area contributed by atoms with E-state index in [1.807, 2.05) is 0 Å². The highest BCUT2D eigenvalue weighted by atomic mass is 35.5. The van der Waals surface area contributed by atoms with E-state index in [2.05, 4.69) is 0 Å². The highest BCUT2D eigenvalue weighted by Gasteiger charge is 2.25. The second-order valence-corrected chi connectivity index (χ2v) is 8.08. The van der Waals surface area contributed by atoms with Crippen LogP contribution >= 0.6 is 23.2 Å². The second-order valence-electron chi connectivity index (χ2n) is 7.24. The molecule has 8 heteroatoms. The molecule has 0 N–H and O–H groups in total. The van der Waals surface area contributed by atoms with E-state index in [-0.39, 0.29) is 40.9 Å². The molecule has 1 heterocycles. The van der Waals surface area contributed by atoms with E-state index in [1.165, 1.54) is 7.11 Å². The van der Waals surface area contributed by atoms with E-state index >= 15 is 0 Å². The van der Waals surface area contributed by atoms with Gasteiger partial charge in [0.2, 0.25) is 11.2 Å². The van der Waals surface area contributed by atoms with Gasteiger partial charge in [0.15, 0.2) is 0 Å². The molecule has 0 aliphatic heterocycles. The molecule has 0 atom stereocenters. The molecule has 0 aliphatic rings. The zero-order valence-electron chi connectivity index (χ0n) is 18.4. The van der Waals surface area contributed by atoms with Crippen LogP contribution < -0.4 is 14.9 Å². The molecule has 0 saturated carbocycles. The molecule has 0 radical (unpaired) electrons. The lowest BCUT2D eigenvalue weighted by molar-refractivity contribution is 0.0492. The Balaban J connectivity index is 1.80. The summed E-state index contributed by atoms with van der Waals surface area (Å²) in [6.45, 7) is 1.97. The second kappa shape index (κ2) is 10.2. The normalized spacial score (nSPS) is 10.8. The first-order chi connectivity index (χ1) is 16.4. The largest absolute Gasteiger partial charge is 0.496 e. The number of carbonyl (C=O) groups is 1. The number of hydrogen-bond acceptors (Lipinski definition) is 6. The van der Waals surface area contributed by atoms with E-state index in [0.29, 0.717) is 27.1 Å². The van der Waals surface area contributed by atoms with Crippen molar-refractivity contribution in [1.82, 2.24) is 0 Å². The predicted octanol–water partition coefficient (Wildman–Crippen LogP) is 6.53. The lowest BCUT2D eigenvalue weighted by Gasteiger charge is -2.13. The number of hydrogen-bond donors (Lipinski definition) is 0. The quantitative estimate of drug-likeness (QED) is 0.269. The van der Waals surface area contributed by atoms with Gasteiger partial charge in [0.1, 0.15) is 23.7 Å². The van der Waals surface area contributed by atoms with Crippen LogP contribution in [0.15, 0.2) is 69.9 Å². The Morgan fingerprint density at radius 1 is 1.03 bits per heavy atom. The van der Waals surface area contributed by atoms with Crippen LogP contribution in [-0.2, 0) is 11.3 Å². The Kier molecular flexibility index (Phi) is 7.10. The molecule has 0 bridgehead atoms. The van der Waals surface area contributed by atoms with Gasteiger partial charge in [-0.05, 0) is 37.3 Å². The Hall–Kier alpha value is -3.48. The summed E-state index contributed by atoms with van der Waals surface area (Å²) in [6.07, 6.45) is 0. The van der Waals surface area contributed by atoms with E-state index in [1.54, 1.807) is 67.6 Å². The number of para-hydroxylation sites is 1. The molecule has 4 aromatic rings. The van der Waals surface area contributed by atoms with Gasteiger partial charge in [0.05, 0.1) is 24.7 Å². The SMILES string of the molecule is CCOC(=O)c1oc2cc(OCc3ccc(Cl)cc3Cl)ccc2c(=O)c1-c1ccccc1OC. The first-order valence-corrected chi connectivity index (χ1v) is 11.2. The lowest BCUT2D eigenvalue weighted by atomic mass is 10.0. The molecule has 1 aromatic heterocycles. The summed E-state index contributed by atoms with van der Waals surface area (Å²) in [4.78, 5) is 26.2. The third-order valence-electron chi connectivity index (χ3n) is 5.11. The standard InChI is InChI=1S/C26H20Cl2O6/c1-3-32-26(30)25-23(18-6-4-5-7-21(18)31-2)24(29)19-11-10-17(13-22(19)34-25)33-14-15-8-9-16(27)12-20(15)28/h4-13H,3,14H2,1-2H3. The number of ether oxygens (including phenoxy) is 3. The van der Waals surface area contributed by atoms with E-state index in [9.17, 15) is 9.59 Å². The summed E-state index contributed by atoms with van der Waals surface area (Å²) < 4.78 is 22.3. The molecule has 0 amide bonds. The van der Waals surface area contributed by atoms with Crippen molar-refractivity contribution in [2.75, 3.05) is 13.7 Å². The van der Waals surface area contributed by atoms with Crippen LogP contribution in [0.4, 0.5) is 0 Å². The topological polar surface area (TPSA) is 75.0 Å². The van der Waals surface area contributed by atoms with Crippen LogP contribution in [0.2, 0.25) is 10.0 Å². The zero-order valence-corrected chi connectivity index (χ0v) is 19.9. The minimum atomic E-state index is -0.748. The molecule has 6 nitrogen and oxygen atoms in total. The molecule has 0 spiro atoms. The van der Waals surface area contributed by atoms with Crippen LogP contribution in [0.5, 0.6) is 11.5 Å². The van der Waals surface area contributed by atoms with Crippen molar-refractivity contribution in [2.45, 2.75) is 13.5 Å². The number of methoxy groups -OCH3 is 1. The van der Waals surface area contributed by atoms with E-state index in [4.69, 9.17) is 41.8 Å². The molecule has 34 heavy (non-hydrogen) atoms. The Bertz CT molecular complexity index is 1430. The number of fused-ring (bicyclic) bond motifs is 1. The fraction of sp³-hybridized carbons (Fsp3) is 0.154. The van der Waals surface area contributed by atoms with Gasteiger partial charge in [-0.15, -0.1) is 0 Å². The van der Waals surface area contributed by atoms with Gasteiger partial charge in [-0.3, -0.25) is 4.79 Å². The van der Waals surface area contributed by atoms with Crippen LogP contribution in [0, 0.1) is 0 Å². The fourth-order valence-corrected chi connectivity index (χ4v) is 3.96. The summed E-state index contributed by atoms with van der Waals surface area (Å²) in [5, 5.41) is 1.29. The molecule has 174 valence electrons. The van der Waals surface area contributed by atoms with Crippen molar-refractivity contribution in [2.24, 2.45) is 0 Å². The third kappa shape index (κ3) is 4.74. The summed E-state index contributed by atoms with van der Waals surface area (Å²) in [6, 6.07) is 16.8. The average molecular weight is 499 g/mol. The van der Waals surface area contributed by atoms with E-state index < -0.39 is 5.97 Å². The monoisotopic (exact) mass is 498 g/mol. The molecule has 0 unspecified atom stereocenters. The van der Waals surface area contributed by atoms with Gasteiger partial charge >= 0.3 is 5.97 Å². The zero-order chi connectivity index (χ0) is 24.2. The molecule has 0 fully saturated rings. The van der Waals surface area contributed by atoms with Crippen molar-refractivity contribution in [1.29, 1.82) is 0 Å². The van der Waals surface area contributed by atoms with Gasteiger partial charge < -0.3 is 18.6 Å². The first-order valence-electron chi connectivity index (χ1n) is 10.4. The molecule has 0 saturated heterocycles. The number of halogens is 2. The Morgan fingerprint density at radius 2 is 1.82 bits per heavy atom. The molecule has 4 rings (SSSR count). The predicted molar refractivity (Wildman–Crippen MR) is 131 cm³/mol. The van der Waals surface area contributed by atoms with Crippen LogP contribution in [0.3, 0.4) is 0 Å². The van der Waals surface area contributed by atoms with Crippen molar-refractivity contribution in [3.8, 4) is 22.6 Å². The maximum atomic E-state index is 13.5.